The van der Waals surface area contributed by atoms with Crippen molar-refractivity contribution in [2.24, 2.45) is 0 Å². The van der Waals surface area contributed by atoms with Gasteiger partial charge in [0.15, 0.2) is 5.82 Å². The maximum Gasteiger partial charge on any atom is 0.169 e. The van der Waals surface area contributed by atoms with Crippen LogP contribution >= 0.6 is 0 Å². The number of nitrogen functional groups attached to an aromatic ring is 1. The molecular formula is C10H12N4. The van der Waals surface area contributed by atoms with Crippen molar-refractivity contribution in [3.63, 3.8) is 0 Å². The summed E-state index contributed by atoms with van der Waals surface area (Å²) in [4.78, 5) is 1.55. The molecule has 0 fully saturated rings. The van der Waals surface area contributed by atoms with Crippen LogP contribution in [0.5, 0.6) is 0 Å². The fourth-order valence-electron chi connectivity index (χ4n) is 1.26. The maximum absolute atomic E-state index is 5.62. The summed E-state index contributed by atoms with van der Waals surface area (Å²) in [6, 6.07) is 7.97. The Hall–Kier alpha value is -1.84. The molecule has 0 radical (unpaired) electrons. The summed E-state index contributed by atoms with van der Waals surface area (Å²) < 4.78 is 0. The molecule has 0 atom stereocenters. The summed E-state index contributed by atoms with van der Waals surface area (Å²) in [6.07, 6.45) is 0. The van der Waals surface area contributed by atoms with Gasteiger partial charge < -0.3 is 5.73 Å². The highest BCUT2D eigenvalue weighted by molar-refractivity contribution is 5.37. The number of rotatable bonds is 1. The van der Waals surface area contributed by atoms with Gasteiger partial charge in [0, 0.05) is 0 Å². The molecule has 0 aliphatic carbocycles. The van der Waals surface area contributed by atoms with Crippen LogP contribution in [0.4, 0.5) is 5.82 Å². The second-order valence-electron chi connectivity index (χ2n) is 3.30. The van der Waals surface area contributed by atoms with Crippen molar-refractivity contribution >= 4 is 5.82 Å². The van der Waals surface area contributed by atoms with Crippen molar-refractivity contribution in [2.75, 3.05) is 5.73 Å². The predicted octanol–water partition coefficient (Wildman–Crippen LogP) is 1.47. The molecule has 0 aliphatic rings. The number of aromatic nitrogens is 3. The zero-order chi connectivity index (χ0) is 10.1. The van der Waals surface area contributed by atoms with E-state index in [1.807, 2.05) is 38.1 Å². The lowest BCUT2D eigenvalue weighted by atomic mass is 10.2. The molecular weight excluding hydrogens is 176 g/mol. The van der Waals surface area contributed by atoms with Gasteiger partial charge in [-0.3, -0.25) is 0 Å². The number of nitrogens with zero attached hydrogens (tertiary/aromatic N) is 3. The van der Waals surface area contributed by atoms with Crippen LogP contribution in [0.15, 0.2) is 24.3 Å². The Labute approximate surface area is 82.4 Å². The molecule has 14 heavy (non-hydrogen) atoms. The lowest BCUT2D eigenvalue weighted by molar-refractivity contribution is 0.747. The minimum absolute atomic E-state index is 0.478. The molecule has 0 saturated carbocycles. The largest absolute Gasteiger partial charge is 0.381 e. The van der Waals surface area contributed by atoms with Gasteiger partial charge in [0.2, 0.25) is 0 Å². The normalized spacial score (nSPS) is 10.4. The first kappa shape index (κ1) is 8.74. The Balaban J connectivity index is 2.49. The lowest BCUT2D eigenvalue weighted by Crippen LogP contribution is -1.99. The number of hydrogen-bond acceptors (Lipinski definition) is 3. The Bertz CT molecular complexity index is 439. The van der Waals surface area contributed by atoms with E-state index in [-0.39, 0.29) is 0 Å². The zero-order valence-electron chi connectivity index (χ0n) is 8.23. The van der Waals surface area contributed by atoms with Crippen molar-refractivity contribution in [2.45, 2.75) is 13.8 Å². The molecule has 1 aromatic carbocycles. The summed E-state index contributed by atoms with van der Waals surface area (Å²) in [6.45, 7) is 3.87. The Morgan fingerprint density at radius 2 is 2.00 bits per heavy atom. The van der Waals surface area contributed by atoms with Crippen LogP contribution in [0.3, 0.4) is 0 Å². The van der Waals surface area contributed by atoms with Crippen LogP contribution in [-0.4, -0.2) is 15.0 Å². The summed E-state index contributed by atoms with van der Waals surface area (Å²) in [5, 5.41) is 8.31. The second-order valence-corrected chi connectivity index (χ2v) is 3.30. The molecule has 2 aromatic rings. The molecule has 72 valence electrons. The fourth-order valence-corrected chi connectivity index (χ4v) is 1.26. The maximum atomic E-state index is 5.62. The quantitative estimate of drug-likeness (QED) is 0.737. The molecule has 0 spiro atoms. The number of hydrogen-bond donors (Lipinski definition) is 1. The molecule has 1 aromatic heterocycles. The molecule has 0 unspecified atom stereocenters. The van der Waals surface area contributed by atoms with Gasteiger partial charge in [-0.05, 0) is 31.5 Å². The van der Waals surface area contributed by atoms with Crippen LogP contribution in [-0.2, 0) is 0 Å². The molecule has 1 heterocycles. The van der Waals surface area contributed by atoms with E-state index < -0.39 is 0 Å². The monoisotopic (exact) mass is 188 g/mol. The average molecular weight is 188 g/mol. The lowest BCUT2D eigenvalue weighted by Gasteiger charge is -1.99. The van der Waals surface area contributed by atoms with Gasteiger partial charge in [0.1, 0.15) is 5.69 Å². The molecule has 0 bridgehead atoms. The van der Waals surface area contributed by atoms with Crippen LogP contribution in [0.1, 0.15) is 11.3 Å². The van der Waals surface area contributed by atoms with Gasteiger partial charge in [0.05, 0.1) is 5.69 Å². The first-order valence-corrected chi connectivity index (χ1v) is 4.43. The topological polar surface area (TPSA) is 56.7 Å². The highest BCUT2D eigenvalue weighted by atomic mass is 15.5. The summed E-state index contributed by atoms with van der Waals surface area (Å²) in [5.74, 6) is 0.478. The summed E-state index contributed by atoms with van der Waals surface area (Å²) >= 11 is 0. The van der Waals surface area contributed by atoms with Gasteiger partial charge in [-0.15, -0.1) is 9.90 Å². The predicted molar refractivity (Wildman–Crippen MR) is 55.2 cm³/mol. The number of anilines is 1. The Morgan fingerprint density at radius 1 is 1.21 bits per heavy atom. The van der Waals surface area contributed by atoms with Crippen molar-refractivity contribution < 1.29 is 0 Å². The smallest absolute Gasteiger partial charge is 0.169 e. The molecule has 0 aliphatic heterocycles. The standard InChI is InChI=1S/C10H12N4/c1-7-4-3-5-9(6-7)14-12-8(2)10(11)13-14/h3-6H,1-2H3,(H2,11,13). The van der Waals surface area contributed by atoms with E-state index in [0.717, 1.165) is 11.4 Å². The molecule has 0 amide bonds. The Kier molecular flexibility index (Phi) is 1.96. The number of nitrogens with two attached hydrogens (primary N) is 1. The van der Waals surface area contributed by atoms with Crippen molar-refractivity contribution in [3.05, 3.63) is 35.5 Å². The van der Waals surface area contributed by atoms with Crippen LogP contribution in [0, 0.1) is 13.8 Å². The van der Waals surface area contributed by atoms with E-state index in [1.54, 1.807) is 4.80 Å². The summed E-state index contributed by atoms with van der Waals surface area (Å²) in [5.41, 5.74) is 8.49. The summed E-state index contributed by atoms with van der Waals surface area (Å²) in [7, 11) is 0. The van der Waals surface area contributed by atoms with E-state index in [9.17, 15) is 0 Å². The highest BCUT2D eigenvalue weighted by Gasteiger charge is 2.04. The minimum Gasteiger partial charge on any atom is -0.381 e. The van der Waals surface area contributed by atoms with Crippen LogP contribution in [0.25, 0.3) is 5.69 Å². The van der Waals surface area contributed by atoms with Gasteiger partial charge in [0.25, 0.3) is 0 Å². The van der Waals surface area contributed by atoms with E-state index in [2.05, 4.69) is 10.2 Å². The first-order chi connectivity index (χ1) is 6.66. The third-order valence-electron chi connectivity index (χ3n) is 2.05. The van der Waals surface area contributed by atoms with Gasteiger partial charge in [-0.25, -0.2) is 0 Å². The van der Waals surface area contributed by atoms with E-state index >= 15 is 0 Å². The molecule has 4 nitrogen and oxygen atoms in total. The average Bonchev–Trinajstić information content (AvgIpc) is 2.47. The zero-order valence-corrected chi connectivity index (χ0v) is 8.23. The molecule has 2 N–H and O–H groups in total. The third-order valence-corrected chi connectivity index (χ3v) is 2.05. The van der Waals surface area contributed by atoms with Crippen molar-refractivity contribution in [1.82, 2.24) is 15.0 Å². The van der Waals surface area contributed by atoms with Crippen molar-refractivity contribution in [3.8, 4) is 5.69 Å². The fraction of sp³-hybridized carbons (Fsp3) is 0.200. The number of benzene rings is 1. The second kappa shape index (κ2) is 3.14. The Morgan fingerprint density at radius 3 is 2.57 bits per heavy atom. The molecule has 4 heteroatoms. The SMILES string of the molecule is Cc1cccc(-n2nc(C)c(N)n2)c1. The van der Waals surface area contributed by atoms with E-state index in [4.69, 9.17) is 5.73 Å². The molecule has 0 saturated heterocycles. The third kappa shape index (κ3) is 1.46. The van der Waals surface area contributed by atoms with Gasteiger partial charge in [-0.2, -0.15) is 5.10 Å². The van der Waals surface area contributed by atoms with Crippen LogP contribution < -0.4 is 5.73 Å². The van der Waals surface area contributed by atoms with Gasteiger partial charge in [-0.1, -0.05) is 12.1 Å². The molecule has 2 rings (SSSR count). The number of aryl methyl sites for hydroxylation is 2. The van der Waals surface area contributed by atoms with Gasteiger partial charge >= 0.3 is 0 Å². The first-order valence-electron chi connectivity index (χ1n) is 4.43. The highest BCUT2D eigenvalue weighted by Crippen LogP contribution is 2.10. The minimum atomic E-state index is 0.478. The van der Waals surface area contributed by atoms with E-state index in [0.29, 0.717) is 5.82 Å². The van der Waals surface area contributed by atoms with Crippen molar-refractivity contribution in [1.29, 1.82) is 0 Å². The van der Waals surface area contributed by atoms with E-state index in [1.165, 1.54) is 5.56 Å². The van der Waals surface area contributed by atoms with Crippen LogP contribution in [0.2, 0.25) is 0 Å².